The second kappa shape index (κ2) is 25.2. The summed E-state index contributed by atoms with van der Waals surface area (Å²) in [6, 6.07) is 19.1. The number of hydrogen-bond acceptors (Lipinski definition) is 12. The summed E-state index contributed by atoms with van der Waals surface area (Å²) >= 11 is 0. The number of carboxylic acids is 2. The Morgan fingerprint density at radius 2 is 0.818 bits per heavy atom. The minimum Gasteiger partial charge on any atom is -0.480 e. The largest absolute Gasteiger partial charge is 0.480 e. The van der Waals surface area contributed by atoms with Gasteiger partial charge in [-0.1, -0.05) is 122 Å². The van der Waals surface area contributed by atoms with E-state index in [9.17, 15) is 48.6 Å². The van der Waals surface area contributed by atoms with Crippen LogP contribution < -0.4 is 31.9 Å². The number of carbonyl (C=O) groups is 8. The molecule has 18 nitrogen and oxygen atoms in total. The van der Waals surface area contributed by atoms with E-state index in [2.05, 4.69) is 31.9 Å². The molecular weight excluding hydrogens is 893 g/mol. The highest BCUT2D eigenvalue weighted by Gasteiger charge is 2.31. The van der Waals surface area contributed by atoms with Gasteiger partial charge in [0, 0.05) is 11.5 Å². The van der Waals surface area contributed by atoms with Gasteiger partial charge in [0.1, 0.15) is 49.5 Å². The van der Waals surface area contributed by atoms with E-state index in [1.165, 1.54) is 13.8 Å². The van der Waals surface area contributed by atoms with Gasteiger partial charge in [-0.2, -0.15) is 0 Å². The molecule has 6 atom stereocenters. The van der Waals surface area contributed by atoms with Crippen LogP contribution in [0, 0.1) is 11.8 Å². The molecule has 0 radical (unpaired) electrons. The number of benzene rings is 4. The highest BCUT2D eigenvalue weighted by molar-refractivity contribution is 8.76. The molecule has 4 rings (SSSR count). The fourth-order valence-electron chi connectivity index (χ4n) is 6.27. The Kier molecular flexibility index (Phi) is 19.9. The molecule has 4 aromatic carbocycles. The van der Waals surface area contributed by atoms with Crippen molar-refractivity contribution < 1.29 is 58.0 Å². The van der Waals surface area contributed by atoms with Crippen LogP contribution in [0.2, 0.25) is 0 Å². The summed E-state index contributed by atoms with van der Waals surface area (Å²) in [5.74, 6) is -7.15. The molecule has 8 N–H and O–H groups in total. The number of fused-ring (bicyclic) bond motifs is 2. The first-order chi connectivity index (χ1) is 31.3. The quantitative estimate of drug-likeness (QED) is 0.0370. The molecule has 66 heavy (non-hydrogen) atoms. The average Bonchev–Trinajstić information content (AvgIpc) is 3.28. The summed E-state index contributed by atoms with van der Waals surface area (Å²) < 4.78 is 10.7. The molecule has 354 valence electrons. The molecule has 4 aromatic rings. The van der Waals surface area contributed by atoms with Crippen molar-refractivity contribution in [2.24, 2.45) is 11.8 Å². The van der Waals surface area contributed by atoms with Crippen molar-refractivity contribution >= 4 is 90.9 Å². The van der Waals surface area contributed by atoms with E-state index < -0.39 is 95.8 Å². The molecule has 0 aliphatic rings. The van der Waals surface area contributed by atoms with Crippen LogP contribution in [0.15, 0.2) is 84.9 Å². The van der Waals surface area contributed by atoms with E-state index >= 15 is 0 Å². The lowest BCUT2D eigenvalue weighted by Crippen LogP contribution is -2.56. The van der Waals surface area contributed by atoms with E-state index in [1.807, 2.05) is 84.9 Å². The summed E-state index contributed by atoms with van der Waals surface area (Å²) in [5.41, 5.74) is 1.48. The van der Waals surface area contributed by atoms with Crippen LogP contribution in [-0.2, 0) is 51.5 Å². The monoisotopic (exact) mass is 948 g/mol. The fraction of sp³-hybridized carbons (Fsp3) is 0.391. The molecule has 0 spiro atoms. The van der Waals surface area contributed by atoms with Crippen LogP contribution in [0.25, 0.3) is 21.5 Å². The molecule has 0 unspecified atom stereocenters. The third-order valence-corrected chi connectivity index (χ3v) is 12.5. The Labute approximate surface area is 389 Å². The van der Waals surface area contributed by atoms with Gasteiger partial charge in [-0.15, -0.1) is 0 Å². The first-order valence-electron chi connectivity index (χ1n) is 21.1. The lowest BCUT2D eigenvalue weighted by Gasteiger charge is -2.24. The van der Waals surface area contributed by atoms with Crippen molar-refractivity contribution in [1.29, 1.82) is 0 Å². The molecule has 0 fully saturated rings. The summed E-state index contributed by atoms with van der Waals surface area (Å²) in [6.07, 6.45) is -1.70. The maximum atomic E-state index is 13.2. The summed E-state index contributed by atoms with van der Waals surface area (Å²) in [6.45, 7) is 9.33. The van der Waals surface area contributed by atoms with Gasteiger partial charge >= 0.3 is 24.1 Å². The first-order valence-corrected chi connectivity index (χ1v) is 23.5. The van der Waals surface area contributed by atoms with E-state index in [1.54, 1.807) is 27.7 Å². The van der Waals surface area contributed by atoms with Gasteiger partial charge in [0.15, 0.2) is 0 Å². The standard InChI is InChI=1S/C46H56N6O12S2/c1-25(2)37(51-45(61)63-21-29-15-17-31-11-7-9-13-33(31)19-29)41(55)47-27(5)39(53)49-35(43(57)58)23-65-66-24-36(44(59)60)50-40(54)28(6)48-42(56)38(26(3)4)52-46(62)64-22-30-16-18-32-12-8-10-14-34(32)20-30/h7-20,25-28,35-38H,21-24H2,1-6H3,(H,47,55)(H,48,56)(H,49,53)(H,50,54)(H,51,61)(H,52,62)(H,57,58)(H,59,60)/t27-,28-,35-,36-,37-,38-/m0/s1. The van der Waals surface area contributed by atoms with Crippen LogP contribution in [0.5, 0.6) is 0 Å². The zero-order valence-corrected chi connectivity index (χ0v) is 39.0. The van der Waals surface area contributed by atoms with Crippen molar-refractivity contribution in [2.45, 2.75) is 91.0 Å². The number of carboxylic acid groups (broad SMARTS) is 2. The van der Waals surface area contributed by atoms with Crippen molar-refractivity contribution in [3.8, 4) is 0 Å². The Morgan fingerprint density at radius 3 is 1.15 bits per heavy atom. The zero-order chi connectivity index (χ0) is 48.5. The van der Waals surface area contributed by atoms with E-state index in [4.69, 9.17) is 9.47 Å². The molecule has 0 aliphatic heterocycles. The second-order valence-electron chi connectivity index (χ2n) is 16.1. The Bertz CT molecular complexity index is 2220. The van der Waals surface area contributed by atoms with E-state index in [0.29, 0.717) is 0 Å². The highest BCUT2D eigenvalue weighted by Crippen LogP contribution is 2.24. The Morgan fingerprint density at radius 1 is 0.470 bits per heavy atom. The molecule has 0 saturated heterocycles. The molecule has 0 heterocycles. The lowest BCUT2D eigenvalue weighted by atomic mass is 10.0. The summed E-state index contributed by atoms with van der Waals surface area (Å²) in [4.78, 5) is 102. The third-order valence-electron chi connectivity index (χ3n) is 10.1. The first kappa shape index (κ1) is 52.1. The summed E-state index contributed by atoms with van der Waals surface area (Å²) in [7, 11) is 1.84. The maximum absolute atomic E-state index is 13.2. The van der Waals surface area contributed by atoms with E-state index in [0.717, 1.165) is 54.3 Å². The van der Waals surface area contributed by atoms with Crippen molar-refractivity contribution in [1.82, 2.24) is 31.9 Å². The lowest BCUT2D eigenvalue weighted by molar-refractivity contribution is -0.142. The predicted molar refractivity (Wildman–Crippen MR) is 251 cm³/mol. The number of ether oxygens (including phenoxy) is 2. The minimum atomic E-state index is -1.45. The van der Waals surface area contributed by atoms with Crippen LogP contribution in [0.4, 0.5) is 9.59 Å². The SMILES string of the molecule is CC(C)[C@H](NC(=O)OCc1ccc2ccccc2c1)C(=O)N[C@@H](C)C(=O)N[C@@H](CSSC[C@H](NC(=O)[C@H](C)NC(=O)[C@@H](NC(=O)OCc1ccc2ccccc2c1)C(C)C)C(=O)O)C(=O)O. The van der Waals surface area contributed by atoms with Crippen LogP contribution >= 0.6 is 21.6 Å². The number of alkyl carbamates (subject to hydrolysis) is 2. The molecule has 6 amide bonds. The van der Waals surface area contributed by atoms with Gasteiger partial charge in [-0.05, 0) is 70.5 Å². The molecular formula is C46H56N6O12S2. The van der Waals surface area contributed by atoms with Gasteiger partial charge < -0.3 is 51.6 Å². The van der Waals surface area contributed by atoms with Gasteiger partial charge in [0.25, 0.3) is 0 Å². The second-order valence-corrected chi connectivity index (χ2v) is 18.6. The Balaban J connectivity index is 1.19. The Hall–Kier alpha value is -6.54. The normalized spacial score (nSPS) is 13.9. The smallest absolute Gasteiger partial charge is 0.408 e. The van der Waals surface area contributed by atoms with Crippen molar-refractivity contribution in [3.63, 3.8) is 0 Å². The topological polar surface area (TPSA) is 268 Å². The van der Waals surface area contributed by atoms with Gasteiger partial charge in [-0.25, -0.2) is 19.2 Å². The number of amides is 6. The van der Waals surface area contributed by atoms with E-state index in [-0.39, 0.29) is 24.7 Å². The molecule has 0 aromatic heterocycles. The van der Waals surface area contributed by atoms with Gasteiger partial charge in [0.05, 0.1) is 0 Å². The van der Waals surface area contributed by atoms with Crippen molar-refractivity contribution in [2.75, 3.05) is 11.5 Å². The molecule has 0 aliphatic carbocycles. The molecule has 0 saturated carbocycles. The fourth-order valence-corrected chi connectivity index (χ4v) is 8.58. The van der Waals surface area contributed by atoms with Crippen LogP contribution in [0.1, 0.15) is 52.7 Å². The zero-order valence-electron chi connectivity index (χ0n) is 37.3. The van der Waals surface area contributed by atoms with Gasteiger partial charge in [0.2, 0.25) is 23.6 Å². The predicted octanol–water partition coefficient (Wildman–Crippen LogP) is 4.72. The number of aliphatic carboxylic acids is 2. The minimum absolute atomic E-state index is 0.0484. The number of carbonyl (C=O) groups excluding carboxylic acids is 6. The number of nitrogens with one attached hydrogen (secondary N) is 6. The average molecular weight is 949 g/mol. The number of hydrogen-bond donors (Lipinski definition) is 8. The van der Waals surface area contributed by atoms with Crippen molar-refractivity contribution in [3.05, 3.63) is 96.1 Å². The molecule has 0 bridgehead atoms. The maximum Gasteiger partial charge on any atom is 0.408 e. The van der Waals surface area contributed by atoms with Gasteiger partial charge in [-0.3, -0.25) is 19.2 Å². The molecule has 20 heteroatoms. The summed E-state index contributed by atoms with van der Waals surface area (Å²) in [5, 5.41) is 38.3. The van der Waals surface area contributed by atoms with Crippen LogP contribution in [0.3, 0.4) is 0 Å². The highest BCUT2D eigenvalue weighted by atomic mass is 33.1. The number of rotatable bonds is 23. The van der Waals surface area contributed by atoms with Crippen LogP contribution in [-0.4, -0.2) is 106 Å². The third kappa shape index (κ3) is 16.2.